The van der Waals surface area contributed by atoms with Crippen LogP contribution in [0.5, 0.6) is 11.5 Å². The van der Waals surface area contributed by atoms with Gasteiger partial charge in [0.25, 0.3) is 0 Å². The van der Waals surface area contributed by atoms with Crippen LogP contribution in [0.4, 0.5) is 0 Å². The molecule has 4 nitrogen and oxygen atoms in total. The lowest BCUT2D eigenvalue weighted by Gasteiger charge is -2.15. The Morgan fingerprint density at radius 2 is 1.84 bits per heavy atom. The average molecular weight is 357 g/mol. The third-order valence-corrected chi connectivity index (χ3v) is 5.07. The van der Waals surface area contributed by atoms with Gasteiger partial charge in [0.1, 0.15) is 12.3 Å². The minimum absolute atomic E-state index is 0.150. The van der Waals surface area contributed by atoms with E-state index in [0.717, 1.165) is 24.2 Å². The molecule has 0 radical (unpaired) electrons. The van der Waals surface area contributed by atoms with E-state index in [1.54, 1.807) is 30.3 Å². The number of allylic oxidation sites excluding steroid dienone is 1. The molecule has 2 N–H and O–H groups in total. The van der Waals surface area contributed by atoms with Gasteiger partial charge in [-0.2, -0.15) is 0 Å². The second-order valence-electron chi connectivity index (χ2n) is 6.57. The molecule has 5 heteroatoms. The number of ether oxygens (including phenoxy) is 1. The van der Waals surface area contributed by atoms with E-state index in [4.69, 9.17) is 16.3 Å². The molecule has 0 aliphatic carbocycles. The smallest absolute Gasteiger partial charge is 0.231 e. The predicted molar refractivity (Wildman–Crippen MR) is 96.1 cm³/mol. The molecule has 2 heterocycles. The topological polar surface area (TPSA) is 51.0 Å². The molecule has 0 aromatic heterocycles. The molecular weight excluding hydrogens is 338 g/mol. The molecule has 0 amide bonds. The minimum atomic E-state index is -0.150. The first-order valence-electron chi connectivity index (χ1n) is 8.50. The number of hydrogen-bond acceptors (Lipinski definition) is 3. The van der Waals surface area contributed by atoms with Crippen LogP contribution in [0.2, 0.25) is 5.02 Å². The molecule has 0 atom stereocenters. The highest BCUT2D eigenvalue weighted by Crippen LogP contribution is 2.39. The van der Waals surface area contributed by atoms with Crippen molar-refractivity contribution in [1.29, 1.82) is 0 Å². The zero-order valence-electron chi connectivity index (χ0n) is 13.7. The molecule has 25 heavy (non-hydrogen) atoms. The molecule has 128 valence electrons. The van der Waals surface area contributed by atoms with Crippen LogP contribution in [0.1, 0.15) is 34.3 Å². The zero-order chi connectivity index (χ0) is 17.4. The number of halogens is 1. The van der Waals surface area contributed by atoms with Gasteiger partial charge in [-0.25, -0.2) is 0 Å². The fraction of sp³-hybridized carbons (Fsp3) is 0.250. The molecule has 1 fully saturated rings. The van der Waals surface area contributed by atoms with Gasteiger partial charge >= 0.3 is 0 Å². The van der Waals surface area contributed by atoms with E-state index in [0.29, 0.717) is 22.9 Å². The van der Waals surface area contributed by atoms with Gasteiger partial charge < -0.3 is 14.7 Å². The maximum atomic E-state index is 12.7. The van der Waals surface area contributed by atoms with Gasteiger partial charge in [0.05, 0.1) is 24.2 Å². The Balaban J connectivity index is 1.67. The number of phenols is 1. The Morgan fingerprint density at radius 3 is 2.56 bits per heavy atom. The number of Topliss-reactive ketones (excluding diaryl/α,β-unsaturated/α-hetero) is 1. The van der Waals surface area contributed by atoms with Crippen molar-refractivity contribution in [3.8, 4) is 11.5 Å². The summed E-state index contributed by atoms with van der Waals surface area (Å²) in [6, 6.07) is 10.4. The number of phenolic OH excluding ortho intramolecular Hbond substituents is 1. The maximum absolute atomic E-state index is 12.7. The van der Waals surface area contributed by atoms with Crippen LogP contribution in [-0.4, -0.2) is 24.0 Å². The summed E-state index contributed by atoms with van der Waals surface area (Å²) in [7, 11) is 0. The molecule has 2 aromatic rings. The highest BCUT2D eigenvalue weighted by atomic mass is 35.5. The number of ketones is 1. The third kappa shape index (κ3) is 3.15. The second kappa shape index (κ2) is 6.54. The number of benzene rings is 2. The second-order valence-corrected chi connectivity index (χ2v) is 7.00. The minimum Gasteiger partial charge on any atom is -0.507 e. The quantitative estimate of drug-likeness (QED) is 0.831. The van der Waals surface area contributed by atoms with Crippen LogP contribution in [-0.2, 0) is 6.54 Å². The Labute approximate surface area is 151 Å². The van der Waals surface area contributed by atoms with Gasteiger partial charge in [0, 0.05) is 17.9 Å². The summed E-state index contributed by atoms with van der Waals surface area (Å²) in [5.74, 6) is 0.825. The van der Waals surface area contributed by atoms with Gasteiger partial charge in [0.15, 0.2) is 11.5 Å². The molecule has 2 aromatic carbocycles. The fourth-order valence-electron chi connectivity index (χ4n) is 3.48. The molecule has 4 rings (SSSR count). The normalized spacial score (nSPS) is 18.6. The van der Waals surface area contributed by atoms with Crippen LogP contribution in [0.15, 0.2) is 42.2 Å². The van der Waals surface area contributed by atoms with Gasteiger partial charge in [0.2, 0.25) is 5.78 Å². The average Bonchev–Trinajstić information content (AvgIpc) is 3.22. The molecule has 0 spiro atoms. The molecule has 2 aliphatic heterocycles. The first-order chi connectivity index (χ1) is 12.1. The number of nitrogens with one attached hydrogen (secondary N) is 1. The van der Waals surface area contributed by atoms with Crippen molar-refractivity contribution < 1.29 is 19.5 Å². The monoisotopic (exact) mass is 356 g/mol. The summed E-state index contributed by atoms with van der Waals surface area (Å²) in [6.07, 6.45) is 4.11. The van der Waals surface area contributed by atoms with Gasteiger partial charge in [-0.3, -0.25) is 4.79 Å². The lowest BCUT2D eigenvalue weighted by molar-refractivity contribution is -0.901. The molecule has 0 saturated carbocycles. The molecule has 2 aliphatic rings. The highest BCUT2D eigenvalue weighted by Gasteiger charge is 2.32. The maximum Gasteiger partial charge on any atom is 0.231 e. The van der Waals surface area contributed by atoms with Crippen molar-refractivity contribution in [1.82, 2.24) is 0 Å². The number of rotatable bonds is 3. The van der Waals surface area contributed by atoms with E-state index in [1.807, 2.05) is 12.1 Å². The fourth-order valence-corrected chi connectivity index (χ4v) is 3.61. The summed E-state index contributed by atoms with van der Waals surface area (Å²) in [6.45, 7) is 2.85. The molecule has 0 unspecified atom stereocenters. The number of hydrogen-bond donors (Lipinski definition) is 2. The number of quaternary nitrogens is 1. The van der Waals surface area contributed by atoms with E-state index in [-0.39, 0.29) is 17.3 Å². The van der Waals surface area contributed by atoms with Crippen molar-refractivity contribution in [2.45, 2.75) is 19.4 Å². The van der Waals surface area contributed by atoms with Crippen molar-refractivity contribution in [3.05, 3.63) is 63.9 Å². The zero-order valence-corrected chi connectivity index (χ0v) is 14.5. The van der Waals surface area contributed by atoms with Gasteiger partial charge in [-0.1, -0.05) is 23.7 Å². The van der Waals surface area contributed by atoms with Crippen molar-refractivity contribution in [2.24, 2.45) is 0 Å². The Kier molecular flexibility index (Phi) is 4.24. The third-order valence-electron chi connectivity index (χ3n) is 4.82. The number of carbonyl (C=O) groups is 1. The summed E-state index contributed by atoms with van der Waals surface area (Å²) < 4.78 is 5.88. The van der Waals surface area contributed by atoms with E-state index in [2.05, 4.69) is 0 Å². The number of likely N-dealkylation sites (tertiary alicyclic amines) is 1. The lowest BCUT2D eigenvalue weighted by Crippen LogP contribution is -3.08. The summed E-state index contributed by atoms with van der Waals surface area (Å²) in [5.41, 5.74) is 2.09. The molecule has 0 bridgehead atoms. The van der Waals surface area contributed by atoms with Gasteiger partial charge in [-0.15, -0.1) is 0 Å². The number of aromatic hydroxyl groups is 1. The number of carbonyl (C=O) groups excluding carboxylic acids is 1. The standard InChI is InChI=1S/C20H18ClNO3/c21-14-5-3-13(4-6-14)11-18-19(24)15-7-8-17(23)16(20(15)25-18)12-22-9-1-2-10-22/h3-8,11,23H,1-2,9-10,12H2/p+1/b18-11-. The van der Waals surface area contributed by atoms with Crippen molar-refractivity contribution in [2.75, 3.05) is 13.1 Å². The van der Waals surface area contributed by atoms with Crippen LogP contribution in [0, 0.1) is 0 Å². The van der Waals surface area contributed by atoms with E-state index >= 15 is 0 Å². The summed E-state index contributed by atoms with van der Waals surface area (Å²) in [4.78, 5) is 14.1. The van der Waals surface area contributed by atoms with Crippen molar-refractivity contribution in [3.63, 3.8) is 0 Å². The van der Waals surface area contributed by atoms with Gasteiger partial charge in [-0.05, 0) is 35.9 Å². The first kappa shape index (κ1) is 16.2. The van der Waals surface area contributed by atoms with Crippen LogP contribution >= 0.6 is 11.6 Å². The predicted octanol–water partition coefficient (Wildman–Crippen LogP) is 2.84. The van der Waals surface area contributed by atoms with Crippen LogP contribution in [0.3, 0.4) is 0 Å². The summed E-state index contributed by atoms with van der Waals surface area (Å²) >= 11 is 5.90. The van der Waals surface area contributed by atoms with E-state index in [1.165, 1.54) is 17.7 Å². The SMILES string of the molecule is O=C1/C(=C/c2ccc(Cl)cc2)Oc2c1ccc(O)c2C[NH+]1CCCC1. The highest BCUT2D eigenvalue weighted by molar-refractivity contribution is 6.30. The number of fused-ring (bicyclic) bond motifs is 1. The Hall–Kier alpha value is -2.30. The summed E-state index contributed by atoms with van der Waals surface area (Å²) in [5, 5.41) is 10.9. The Bertz CT molecular complexity index is 852. The van der Waals surface area contributed by atoms with Crippen LogP contribution < -0.4 is 9.64 Å². The molecular formula is C20H19ClNO3+. The van der Waals surface area contributed by atoms with E-state index in [9.17, 15) is 9.90 Å². The van der Waals surface area contributed by atoms with E-state index < -0.39 is 0 Å². The van der Waals surface area contributed by atoms with Crippen LogP contribution in [0.25, 0.3) is 6.08 Å². The molecule has 1 saturated heterocycles. The lowest BCUT2D eigenvalue weighted by atomic mass is 10.0. The first-order valence-corrected chi connectivity index (χ1v) is 8.88. The van der Waals surface area contributed by atoms with Crippen molar-refractivity contribution >= 4 is 23.5 Å². The largest absolute Gasteiger partial charge is 0.507 e. The Morgan fingerprint density at radius 1 is 1.12 bits per heavy atom.